The summed E-state index contributed by atoms with van der Waals surface area (Å²) >= 11 is 0. The number of aromatic nitrogens is 3. The molecule has 2 heterocycles. The highest BCUT2D eigenvalue weighted by Crippen LogP contribution is 2.24. The number of likely N-dealkylation sites (N-methyl/N-ethyl adjacent to an activating group) is 1. The zero-order valence-electron chi connectivity index (χ0n) is 16.6. The second kappa shape index (κ2) is 7.88. The first-order valence-electron chi connectivity index (χ1n) is 9.21. The summed E-state index contributed by atoms with van der Waals surface area (Å²) in [7, 11) is 5.95. The summed E-state index contributed by atoms with van der Waals surface area (Å²) in [4.78, 5) is 19.9. The van der Waals surface area contributed by atoms with Crippen LogP contribution < -0.4 is 5.32 Å². The molecule has 2 aromatic heterocycles. The molecule has 3 rings (SSSR count). The number of carbonyl (C=O) groups excluding carboxylic acids is 1. The Balaban J connectivity index is 1.97. The summed E-state index contributed by atoms with van der Waals surface area (Å²) in [6, 6.07) is 11.8. The lowest BCUT2D eigenvalue weighted by Gasteiger charge is -2.28. The molecule has 0 aliphatic carbocycles. The van der Waals surface area contributed by atoms with Gasteiger partial charge in [0.15, 0.2) is 0 Å². The second-order valence-corrected chi connectivity index (χ2v) is 7.40. The number of carbonyl (C=O) groups is 1. The molecule has 27 heavy (non-hydrogen) atoms. The van der Waals surface area contributed by atoms with Gasteiger partial charge in [-0.15, -0.1) is 0 Å². The smallest absolute Gasteiger partial charge is 0.252 e. The molecule has 1 amide bonds. The van der Waals surface area contributed by atoms with Gasteiger partial charge in [-0.25, -0.2) is 4.98 Å². The summed E-state index contributed by atoms with van der Waals surface area (Å²) in [5.41, 5.74) is 3.06. The molecule has 0 unspecified atom stereocenters. The van der Waals surface area contributed by atoms with Gasteiger partial charge in [0, 0.05) is 31.2 Å². The number of hydrogen-bond acceptors (Lipinski definition) is 4. The average Bonchev–Trinajstić information content (AvgIpc) is 3.06. The van der Waals surface area contributed by atoms with Crippen molar-refractivity contribution in [2.24, 2.45) is 13.0 Å². The highest BCUT2D eigenvalue weighted by atomic mass is 16.1. The van der Waals surface area contributed by atoms with E-state index in [1.807, 2.05) is 57.5 Å². The molecule has 3 aromatic rings. The SMILES string of the molecule is CC(C)[C@H](CNC(=O)c1cc(-c2ccnn2C)nc2ccccc12)N(C)C. The third kappa shape index (κ3) is 4.01. The van der Waals surface area contributed by atoms with Crippen LogP contribution in [0.4, 0.5) is 0 Å². The van der Waals surface area contributed by atoms with Crippen molar-refractivity contribution in [3.63, 3.8) is 0 Å². The number of benzene rings is 1. The number of fused-ring (bicyclic) bond motifs is 1. The van der Waals surface area contributed by atoms with E-state index < -0.39 is 0 Å². The van der Waals surface area contributed by atoms with Crippen molar-refractivity contribution in [1.82, 2.24) is 25.0 Å². The van der Waals surface area contributed by atoms with E-state index >= 15 is 0 Å². The van der Waals surface area contributed by atoms with Crippen LogP contribution in [0.3, 0.4) is 0 Å². The average molecular weight is 365 g/mol. The third-order valence-corrected chi connectivity index (χ3v) is 4.95. The predicted molar refractivity (Wildman–Crippen MR) is 109 cm³/mol. The number of aryl methyl sites for hydroxylation is 1. The van der Waals surface area contributed by atoms with Gasteiger partial charge < -0.3 is 10.2 Å². The first-order chi connectivity index (χ1) is 12.9. The molecule has 6 heteroatoms. The quantitative estimate of drug-likeness (QED) is 0.729. The molecule has 0 bridgehead atoms. The van der Waals surface area contributed by atoms with Crippen LogP contribution in [0, 0.1) is 5.92 Å². The Hall–Kier alpha value is -2.73. The first kappa shape index (κ1) is 19.0. The number of rotatable bonds is 6. The lowest BCUT2D eigenvalue weighted by atomic mass is 10.0. The van der Waals surface area contributed by atoms with Crippen molar-refractivity contribution < 1.29 is 4.79 Å². The van der Waals surface area contributed by atoms with E-state index in [2.05, 4.69) is 29.2 Å². The molecule has 0 saturated carbocycles. The van der Waals surface area contributed by atoms with Crippen molar-refractivity contribution in [3.05, 3.63) is 48.2 Å². The number of para-hydroxylation sites is 1. The Labute approximate surface area is 160 Å². The fourth-order valence-corrected chi connectivity index (χ4v) is 3.43. The molecule has 1 N–H and O–H groups in total. The summed E-state index contributed by atoms with van der Waals surface area (Å²) in [5.74, 6) is 0.365. The van der Waals surface area contributed by atoms with Gasteiger partial charge in [-0.3, -0.25) is 9.48 Å². The molecule has 0 spiro atoms. The van der Waals surface area contributed by atoms with Crippen LogP contribution >= 0.6 is 0 Å². The third-order valence-electron chi connectivity index (χ3n) is 4.95. The number of nitrogens with one attached hydrogen (secondary N) is 1. The van der Waals surface area contributed by atoms with Gasteiger partial charge in [0.25, 0.3) is 5.91 Å². The molecule has 1 atom stereocenters. The minimum atomic E-state index is -0.0791. The predicted octanol–water partition coefficient (Wildman–Crippen LogP) is 2.95. The van der Waals surface area contributed by atoms with Crippen LogP contribution in [0.25, 0.3) is 22.3 Å². The van der Waals surface area contributed by atoms with E-state index in [9.17, 15) is 4.79 Å². The van der Waals surface area contributed by atoms with Crippen LogP contribution in [0.5, 0.6) is 0 Å². The van der Waals surface area contributed by atoms with Gasteiger partial charge in [0.05, 0.1) is 22.5 Å². The minimum Gasteiger partial charge on any atom is -0.350 e. The van der Waals surface area contributed by atoms with E-state index in [0.717, 1.165) is 22.3 Å². The van der Waals surface area contributed by atoms with Crippen molar-refractivity contribution in [2.75, 3.05) is 20.6 Å². The van der Waals surface area contributed by atoms with Crippen LogP contribution in [0.15, 0.2) is 42.6 Å². The van der Waals surface area contributed by atoms with Gasteiger partial charge in [-0.05, 0) is 38.2 Å². The van der Waals surface area contributed by atoms with Gasteiger partial charge in [0.2, 0.25) is 0 Å². The largest absolute Gasteiger partial charge is 0.350 e. The summed E-state index contributed by atoms with van der Waals surface area (Å²) < 4.78 is 1.76. The molecule has 0 fully saturated rings. The van der Waals surface area contributed by atoms with Crippen LogP contribution in [0.2, 0.25) is 0 Å². The number of hydrogen-bond donors (Lipinski definition) is 1. The van der Waals surface area contributed by atoms with Crippen molar-refractivity contribution >= 4 is 16.8 Å². The molecule has 142 valence electrons. The highest BCUT2D eigenvalue weighted by Gasteiger charge is 2.19. The fraction of sp³-hybridized carbons (Fsp3) is 0.381. The van der Waals surface area contributed by atoms with Crippen molar-refractivity contribution in [2.45, 2.75) is 19.9 Å². The summed E-state index contributed by atoms with van der Waals surface area (Å²) in [6.07, 6.45) is 1.73. The minimum absolute atomic E-state index is 0.0791. The maximum Gasteiger partial charge on any atom is 0.252 e. The van der Waals surface area contributed by atoms with E-state index in [1.54, 1.807) is 10.9 Å². The normalized spacial score (nSPS) is 12.7. The van der Waals surface area contributed by atoms with Crippen LogP contribution in [-0.4, -0.2) is 52.3 Å². The number of pyridine rings is 1. The standard InChI is InChI=1S/C21H27N5O/c1-14(2)20(25(3)4)13-22-21(27)16-12-18(19-10-11-23-26(19)5)24-17-9-7-6-8-15(16)17/h6-12,14,20H,13H2,1-5H3,(H,22,27)/t20-/m0/s1. The molecule has 6 nitrogen and oxygen atoms in total. The zero-order chi connectivity index (χ0) is 19.6. The van der Waals surface area contributed by atoms with Crippen molar-refractivity contribution in [1.29, 1.82) is 0 Å². The first-order valence-corrected chi connectivity index (χ1v) is 9.21. The molecular formula is C21H27N5O. The molecule has 0 saturated heterocycles. The van der Waals surface area contributed by atoms with E-state index in [-0.39, 0.29) is 11.9 Å². The molecule has 0 aliphatic heterocycles. The van der Waals surface area contributed by atoms with E-state index in [0.29, 0.717) is 18.0 Å². The molecule has 0 radical (unpaired) electrons. The lowest BCUT2D eigenvalue weighted by molar-refractivity contribution is 0.0936. The van der Waals surface area contributed by atoms with E-state index in [1.165, 1.54) is 0 Å². The Kier molecular flexibility index (Phi) is 5.56. The van der Waals surface area contributed by atoms with Crippen LogP contribution in [-0.2, 0) is 7.05 Å². The van der Waals surface area contributed by atoms with Crippen LogP contribution in [0.1, 0.15) is 24.2 Å². The monoisotopic (exact) mass is 365 g/mol. The maximum absolute atomic E-state index is 13.0. The van der Waals surface area contributed by atoms with Gasteiger partial charge in [-0.2, -0.15) is 5.10 Å². The zero-order valence-corrected chi connectivity index (χ0v) is 16.6. The van der Waals surface area contributed by atoms with E-state index in [4.69, 9.17) is 4.98 Å². The van der Waals surface area contributed by atoms with Gasteiger partial charge >= 0.3 is 0 Å². The van der Waals surface area contributed by atoms with Gasteiger partial charge in [-0.1, -0.05) is 32.0 Å². The van der Waals surface area contributed by atoms with Gasteiger partial charge in [0.1, 0.15) is 0 Å². The number of nitrogens with zero attached hydrogens (tertiary/aromatic N) is 4. The Bertz CT molecular complexity index is 937. The molecule has 0 aliphatic rings. The highest BCUT2D eigenvalue weighted by molar-refractivity contribution is 6.07. The topological polar surface area (TPSA) is 63.1 Å². The number of amides is 1. The Morgan fingerprint density at radius 3 is 2.59 bits per heavy atom. The second-order valence-electron chi connectivity index (χ2n) is 7.40. The Morgan fingerprint density at radius 2 is 1.96 bits per heavy atom. The molecular weight excluding hydrogens is 338 g/mol. The van der Waals surface area contributed by atoms with Crippen molar-refractivity contribution in [3.8, 4) is 11.4 Å². The fourth-order valence-electron chi connectivity index (χ4n) is 3.43. The summed E-state index contributed by atoms with van der Waals surface area (Å²) in [5, 5.41) is 8.18. The maximum atomic E-state index is 13.0. The Morgan fingerprint density at radius 1 is 1.22 bits per heavy atom. The molecule has 1 aromatic carbocycles. The summed E-state index contributed by atoms with van der Waals surface area (Å²) in [6.45, 7) is 4.93. The lowest BCUT2D eigenvalue weighted by Crippen LogP contribution is -2.43.